The van der Waals surface area contributed by atoms with Gasteiger partial charge in [0.2, 0.25) is 0 Å². The summed E-state index contributed by atoms with van der Waals surface area (Å²) in [6.07, 6.45) is 12.8. The molecule has 1 nitrogen and oxygen atoms in total. The monoisotopic (exact) mass is 243 g/mol. The van der Waals surface area contributed by atoms with Crippen molar-refractivity contribution >= 4 is 0 Å². The highest BCUT2D eigenvalue weighted by molar-refractivity contribution is 5.41. The Bertz CT molecular complexity index is 403. The highest BCUT2D eigenvalue weighted by atomic mass is 14.8. The average molecular weight is 243 g/mol. The summed E-state index contributed by atoms with van der Waals surface area (Å²) in [6, 6.07) is 0. The molecule has 0 radical (unpaired) electrons. The van der Waals surface area contributed by atoms with E-state index in [-0.39, 0.29) is 0 Å². The Balaban J connectivity index is 5.31. The predicted molar refractivity (Wildman–Crippen MR) is 83.4 cm³/mol. The molecule has 0 spiro atoms. The van der Waals surface area contributed by atoms with Crippen LogP contribution in [0.5, 0.6) is 0 Å². The van der Waals surface area contributed by atoms with Gasteiger partial charge in [-0.05, 0) is 56.2 Å². The summed E-state index contributed by atoms with van der Waals surface area (Å²) < 4.78 is 0. The molecule has 0 fully saturated rings. The Morgan fingerprint density at radius 1 is 1.22 bits per heavy atom. The smallest absolute Gasteiger partial charge is 0.00277 e. The number of hydrogen-bond donors (Lipinski definition) is 1. The van der Waals surface area contributed by atoms with Crippen LogP contribution >= 0.6 is 0 Å². The van der Waals surface area contributed by atoms with E-state index in [0.29, 0.717) is 0 Å². The minimum absolute atomic E-state index is 0.887. The van der Waals surface area contributed by atoms with E-state index in [9.17, 15) is 0 Å². The maximum absolute atomic E-state index is 3.84. The fraction of sp³-hybridized carbons (Fsp3) is 0.294. The standard InChI is InChI=1S/C17H25N/c1-7-10-16(14(4)8-2)13-17(11-12-18-6)15(5)9-3/h7-12,18H,1,3,13H2,2,4-6H3/b12-11-,14-8-,16-10-,17-15+. The highest BCUT2D eigenvalue weighted by Gasteiger charge is 2.03. The largest absolute Gasteiger partial charge is 0.394 e. The minimum atomic E-state index is 0.887. The molecule has 0 atom stereocenters. The zero-order chi connectivity index (χ0) is 14.0. The topological polar surface area (TPSA) is 12.0 Å². The molecule has 0 heterocycles. The molecule has 0 unspecified atom stereocenters. The Kier molecular flexibility index (Phi) is 8.38. The van der Waals surface area contributed by atoms with E-state index in [0.717, 1.165) is 6.42 Å². The number of rotatable bonds is 7. The van der Waals surface area contributed by atoms with Crippen LogP contribution < -0.4 is 5.32 Å². The Morgan fingerprint density at radius 3 is 2.33 bits per heavy atom. The van der Waals surface area contributed by atoms with Gasteiger partial charge in [0.25, 0.3) is 0 Å². The van der Waals surface area contributed by atoms with E-state index in [4.69, 9.17) is 0 Å². The number of allylic oxidation sites excluding steroid dienone is 9. The lowest BCUT2D eigenvalue weighted by molar-refractivity contribution is 1.07. The number of nitrogens with one attached hydrogen (secondary N) is 1. The van der Waals surface area contributed by atoms with Gasteiger partial charge in [0.1, 0.15) is 0 Å². The maximum Gasteiger partial charge on any atom is 0.00277 e. The molecule has 18 heavy (non-hydrogen) atoms. The van der Waals surface area contributed by atoms with Gasteiger partial charge in [-0.2, -0.15) is 0 Å². The van der Waals surface area contributed by atoms with Gasteiger partial charge in [0.15, 0.2) is 0 Å². The van der Waals surface area contributed by atoms with Crippen molar-refractivity contribution in [3.63, 3.8) is 0 Å². The van der Waals surface area contributed by atoms with Crippen LogP contribution in [0.25, 0.3) is 0 Å². The zero-order valence-corrected chi connectivity index (χ0v) is 12.1. The first-order chi connectivity index (χ1) is 8.60. The summed E-state index contributed by atoms with van der Waals surface area (Å²) in [6.45, 7) is 13.9. The van der Waals surface area contributed by atoms with Crippen LogP contribution in [0.4, 0.5) is 0 Å². The van der Waals surface area contributed by atoms with Gasteiger partial charge in [0.05, 0.1) is 0 Å². The van der Waals surface area contributed by atoms with E-state index in [1.54, 1.807) is 0 Å². The Morgan fingerprint density at radius 2 is 1.89 bits per heavy atom. The van der Waals surface area contributed by atoms with Crippen LogP contribution in [0.1, 0.15) is 27.2 Å². The fourth-order valence-electron chi connectivity index (χ4n) is 1.51. The van der Waals surface area contributed by atoms with E-state index in [1.807, 2.05) is 25.4 Å². The van der Waals surface area contributed by atoms with Gasteiger partial charge in [-0.3, -0.25) is 0 Å². The van der Waals surface area contributed by atoms with Gasteiger partial charge < -0.3 is 5.32 Å². The van der Waals surface area contributed by atoms with Crippen LogP contribution in [0.3, 0.4) is 0 Å². The van der Waals surface area contributed by atoms with Gasteiger partial charge in [-0.15, -0.1) is 0 Å². The summed E-state index contributed by atoms with van der Waals surface area (Å²) in [4.78, 5) is 0. The molecule has 0 aromatic heterocycles. The van der Waals surface area contributed by atoms with Crippen molar-refractivity contribution in [2.75, 3.05) is 7.05 Å². The second-order valence-corrected chi connectivity index (χ2v) is 4.11. The van der Waals surface area contributed by atoms with Gasteiger partial charge in [-0.1, -0.05) is 43.0 Å². The molecule has 0 aliphatic carbocycles. The molecule has 0 rings (SSSR count). The molecular weight excluding hydrogens is 218 g/mol. The molecule has 1 heteroatoms. The van der Waals surface area contributed by atoms with Crippen molar-refractivity contribution < 1.29 is 0 Å². The van der Waals surface area contributed by atoms with Crippen LogP contribution in [-0.4, -0.2) is 7.05 Å². The highest BCUT2D eigenvalue weighted by Crippen LogP contribution is 2.22. The summed E-state index contributed by atoms with van der Waals surface area (Å²) >= 11 is 0. The first-order valence-electron chi connectivity index (χ1n) is 6.21. The van der Waals surface area contributed by atoms with Crippen molar-refractivity contribution in [3.8, 4) is 0 Å². The SMILES string of the molecule is C=C/C=C(CC(/C=C\NC)=C(\C)C=C)\C(C)=C/C. The third kappa shape index (κ3) is 5.53. The van der Waals surface area contributed by atoms with Crippen molar-refractivity contribution in [3.05, 3.63) is 72.0 Å². The summed E-state index contributed by atoms with van der Waals surface area (Å²) in [5.74, 6) is 0. The second kappa shape index (κ2) is 9.29. The van der Waals surface area contributed by atoms with E-state index in [1.165, 1.54) is 22.3 Å². The van der Waals surface area contributed by atoms with Crippen molar-refractivity contribution in [2.45, 2.75) is 27.2 Å². The third-order valence-electron chi connectivity index (χ3n) is 2.90. The molecular formula is C17H25N. The van der Waals surface area contributed by atoms with E-state index < -0.39 is 0 Å². The third-order valence-corrected chi connectivity index (χ3v) is 2.90. The lowest BCUT2D eigenvalue weighted by Gasteiger charge is -2.10. The lowest BCUT2D eigenvalue weighted by atomic mass is 9.95. The molecule has 0 aromatic carbocycles. The minimum Gasteiger partial charge on any atom is -0.394 e. The first kappa shape index (κ1) is 16.2. The molecule has 1 N–H and O–H groups in total. The molecule has 0 bridgehead atoms. The van der Waals surface area contributed by atoms with Crippen LogP contribution in [-0.2, 0) is 0 Å². The molecule has 0 aromatic rings. The maximum atomic E-state index is 3.84. The van der Waals surface area contributed by atoms with Gasteiger partial charge in [0, 0.05) is 7.05 Å². The molecule has 0 saturated carbocycles. The van der Waals surface area contributed by atoms with Crippen LogP contribution in [0.15, 0.2) is 72.0 Å². The first-order valence-corrected chi connectivity index (χ1v) is 6.21. The number of hydrogen-bond acceptors (Lipinski definition) is 1. The lowest BCUT2D eigenvalue weighted by Crippen LogP contribution is -1.95. The van der Waals surface area contributed by atoms with Crippen LogP contribution in [0.2, 0.25) is 0 Å². The molecule has 0 saturated heterocycles. The average Bonchev–Trinajstić information content (AvgIpc) is 2.40. The Labute approximate surface area is 112 Å². The second-order valence-electron chi connectivity index (χ2n) is 4.11. The van der Waals surface area contributed by atoms with Crippen molar-refractivity contribution in [1.29, 1.82) is 0 Å². The molecule has 98 valence electrons. The van der Waals surface area contributed by atoms with Gasteiger partial charge >= 0.3 is 0 Å². The molecule has 0 amide bonds. The summed E-state index contributed by atoms with van der Waals surface area (Å²) in [5.41, 5.74) is 5.01. The predicted octanol–water partition coefficient (Wildman–Crippen LogP) is 4.69. The van der Waals surface area contributed by atoms with E-state index >= 15 is 0 Å². The van der Waals surface area contributed by atoms with E-state index in [2.05, 4.69) is 57.5 Å². The Hall–Kier alpha value is -1.76. The zero-order valence-electron chi connectivity index (χ0n) is 12.1. The fourth-order valence-corrected chi connectivity index (χ4v) is 1.51. The molecule has 0 aliphatic heterocycles. The van der Waals surface area contributed by atoms with Crippen molar-refractivity contribution in [1.82, 2.24) is 5.32 Å². The quantitative estimate of drug-likeness (QED) is 0.640. The summed E-state index contributed by atoms with van der Waals surface area (Å²) in [5, 5.41) is 3.02. The van der Waals surface area contributed by atoms with Crippen LogP contribution in [0, 0.1) is 0 Å². The summed E-state index contributed by atoms with van der Waals surface area (Å²) in [7, 11) is 1.90. The normalized spacial score (nSPS) is 14.4. The molecule has 0 aliphatic rings. The van der Waals surface area contributed by atoms with Gasteiger partial charge in [-0.25, -0.2) is 0 Å². The van der Waals surface area contributed by atoms with Crippen molar-refractivity contribution in [2.24, 2.45) is 0 Å².